The zero-order chi connectivity index (χ0) is 21.9. The van der Waals surface area contributed by atoms with Crippen LogP contribution in [0.5, 0.6) is 0 Å². The van der Waals surface area contributed by atoms with E-state index < -0.39 is 0 Å². The smallest absolute Gasteiger partial charge is 0.0642 e. The van der Waals surface area contributed by atoms with Gasteiger partial charge < -0.3 is 26.4 Å². The van der Waals surface area contributed by atoms with Crippen LogP contribution < -0.4 is 16.8 Å². The van der Waals surface area contributed by atoms with Crippen molar-refractivity contribution in [3.63, 3.8) is 0 Å². The Labute approximate surface area is 191 Å². The molecule has 0 amide bonds. The summed E-state index contributed by atoms with van der Waals surface area (Å²) in [5.74, 6) is 0.417. The van der Waals surface area contributed by atoms with Crippen LogP contribution in [-0.2, 0) is 4.74 Å². The van der Waals surface area contributed by atoms with E-state index in [2.05, 4.69) is 29.3 Å². The van der Waals surface area contributed by atoms with Gasteiger partial charge in [0.05, 0.1) is 13.2 Å². The Morgan fingerprint density at radius 1 is 0.935 bits per heavy atom. The maximum Gasteiger partial charge on any atom is 0.0642 e. The number of nitrogens with zero attached hydrogens (tertiary/aromatic N) is 1. The highest BCUT2D eigenvalue weighted by atomic mass is 16.5. The molecule has 2 fully saturated rings. The second kappa shape index (κ2) is 13.5. The first-order valence-electron chi connectivity index (χ1n) is 13.2. The summed E-state index contributed by atoms with van der Waals surface area (Å²) in [6.07, 6.45) is 21.4. The lowest BCUT2D eigenvalue weighted by Crippen LogP contribution is -2.44. The number of hydrogen-bond acceptors (Lipinski definition) is 5. The van der Waals surface area contributed by atoms with Crippen LogP contribution in [-0.4, -0.2) is 49.3 Å². The SMILES string of the molecule is CCCCCCCCCCC1C(N[C@H]2CC[C@@H](N)CC2)=CC(N2CCOCC2)=CC1N. The predicted octanol–water partition coefficient (Wildman–Crippen LogP) is 4.43. The van der Waals surface area contributed by atoms with E-state index in [0.29, 0.717) is 18.0 Å². The van der Waals surface area contributed by atoms with Crippen LogP contribution in [0, 0.1) is 5.92 Å². The molecule has 2 aliphatic carbocycles. The molecule has 2 atom stereocenters. The number of nitrogens with one attached hydrogen (secondary N) is 1. The molecule has 1 aliphatic heterocycles. The third-order valence-electron chi connectivity index (χ3n) is 7.42. The van der Waals surface area contributed by atoms with Crippen molar-refractivity contribution in [3.05, 3.63) is 23.5 Å². The average molecular weight is 433 g/mol. The molecule has 3 aliphatic rings. The fourth-order valence-electron chi connectivity index (χ4n) is 5.35. The largest absolute Gasteiger partial charge is 0.385 e. The maximum absolute atomic E-state index is 6.75. The third-order valence-corrected chi connectivity index (χ3v) is 7.42. The lowest BCUT2D eigenvalue weighted by Gasteiger charge is -2.38. The van der Waals surface area contributed by atoms with Gasteiger partial charge in [0.15, 0.2) is 0 Å². The summed E-state index contributed by atoms with van der Waals surface area (Å²) in [4.78, 5) is 2.44. The van der Waals surface area contributed by atoms with Crippen molar-refractivity contribution in [2.75, 3.05) is 26.3 Å². The summed E-state index contributed by atoms with van der Waals surface area (Å²) in [6, 6.07) is 1.03. The molecule has 1 heterocycles. The second-order valence-electron chi connectivity index (χ2n) is 9.99. The minimum atomic E-state index is 0.0979. The standard InChI is InChI=1S/C26H48N4O/c1-2-3-4-5-6-7-8-9-10-24-25(28)19-23(30-15-17-31-18-16-30)20-26(24)29-22-13-11-21(27)12-14-22/h19-22,24-25,29H,2-18,27-28H2,1H3/t21-,22+,24?,25?. The van der Waals surface area contributed by atoms with Crippen LogP contribution in [0.4, 0.5) is 0 Å². The molecule has 0 spiro atoms. The molecule has 3 rings (SSSR count). The van der Waals surface area contributed by atoms with E-state index in [1.54, 1.807) is 0 Å². The Hall–Kier alpha value is -1.04. The van der Waals surface area contributed by atoms with Gasteiger partial charge in [-0.1, -0.05) is 58.3 Å². The topological polar surface area (TPSA) is 76.5 Å². The second-order valence-corrected chi connectivity index (χ2v) is 9.99. The predicted molar refractivity (Wildman–Crippen MR) is 131 cm³/mol. The van der Waals surface area contributed by atoms with Gasteiger partial charge in [-0.3, -0.25) is 0 Å². The summed E-state index contributed by atoms with van der Waals surface area (Å²) in [5.41, 5.74) is 15.6. The zero-order valence-electron chi connectivity index (χ0n) is 20.0. The molecule has 0 aromatic carbocycles. The minimum absolute atomic E-state index is 0.0979. The molecule has 0 bridgehead atoms. The van der Waals surface area contributed by atoms with Crippen LogP contribution in [0.25, 0.3) is 0 Å². The van der Waals surface area contributed by atoms with E-state index in [4.69, 9.17) is 16.2 Å². The van der Waals surface area contributed by atoms with Gasteiger partial charge >= 0.3 is 0 Å². The van der Waals surface area contributed by atoms with Gasteiger partial charge in [-0.2, -0.15) is 0 Å². The molecule has 31 heavy (non-hydrogen) atoms. The van der Waals surface area contributed by atoms with Gasteiger partial charge in [0.1, 0.15) is 0 Å². The molecule has 1 saturated carbocycles. The number of unbranched alkanes of at least 4 members (excludes halogenated alkanes) is 7. The van der Waals surface area contributed by atoms with Crippen LogP contribution in [0.2, 0.25) is 0 Å². The summed E-state index contributed by atoms with van der Waals surface area (Å²) in [7, 11) is 0. The molecule has 178 valence electrons. The first-order valence-corrected chi connectivity index (χ1v) is 13.2. The number of morpholine rings is 1. The highest BCUT2D eigenvalue weighted by Crippen LogP contribution is 2.30. The van der Waals surface area contributed by atoms with Gasteiger partial charge in [-0.25, -0.2) is 0 Å². The summed E-state index contributed by atoms with van der Waals surface area (Å²) in [6.45, 7) is 5.83. The fraction of sp³-hybridized carbons (Fsp3) is 0.846. The quantitative estimate of drug-likeness (QED) is 0.398. The first-order chi connectivity index (χ1) is 15.2. The third kappa shape index (κ3) is 8.11. The number of allylic oxidation sites excluding steroid dienone is 1. The van der Waals surface area contributed by atoms with E-state index in [9.17, 15) is 0 Å². The molecule has 5 heteroatoms. The lowest BCUT2D eigenvalue weighted by atomic mass is 9.84. The number of hydrogen-bond donors (Lipinski definition) is 3. The molecular weight excluding hydrogens is 384 g/mol. The first kappa shape index (κ1) is 24.6. The number of nitrogens with two attached hydrogens (primary N) is 2. The molecular formula is C26H48N4O. The van der Waals surface area contributed by atoms with Gasteiger partial charge in [0, 0.05) is 48.5 Å². The fourth-order valence-corrected chi connectivity index (χ4v) is 5.35. The van der Waals surface area contributed by atoms with Crippen molar-refractivity contribution in [1.29, 1.82) is 0 Å². The van der Waals surface area contributed by atoms with Gasteiger partial charge in [-0.15, -0.1) is 0 Å². The van der Waals surface area contributed by atoms with Crippen molar-refractivity contribution in [3.8, 4) is 0 Å². The normalized spacial score (nSPS) is 29.5. The molecule has 5 nitrogen and oxygen atoms in total. The molecule has 0 aromatic heterocycles. The molecule has 2 unspecified atom stereocenters. The molecule has 0 radical (unpaired) electrons. The maximum atomic E-state index is 6.75. The van der Waals surface area contributed by atoms with Crippen molar-refractivity contribution in [2.45, 2.75) is 109 Å². The van der Waals surface area contributed by atoms with Gasteiger partial charge in [-0.05, 0) is 44.3 Å². The molecule has 5 N–H and O–H groups in total. The summed E-state index contributed by atoms with van der Waals surface area (Å²) >= 11 is 0. The Kier molecular flexibility index (Phi) is 10.7. The van der Waals surface area contributed by atoms with E-state index in [-0.39, 0.29) is 6.04 Å². The molecule has 1 saturated heterocycles. The van der Waals surface area contributed by atoms with Gasteiger partial charge in [0.25, 0.3) is 0 Å². The van der Waals surface area contributed by atoms with E-state index in [1.165, 1.54) is 82.0 Å². The summed E-state index contributed by atoms with van der Waals surface area (Å²) < 4.78 is 5.56. The Bertz CT molecular complexity index is 562. The van der Waals surface area contributed by atoms with Gasteiger partial charge in [0.2, 0.25) is 0 Å². The van der Waals surface area contributed by atoms with Crippen molar-refractivity contribution in [2.24, 2.45) is 17.4 Å². The van der Waals surface area contributed by atoms with Crippen LogP contribution in [0.1, 0.15) is 90.4 Å². The monoisotopic (exact) mass is 432 g/mol. The average Bonchev–Trinajstić information content (AvgIpc) is 2.79. The van der Waals surface area contributed by atoms with E-state index in [1.807, 2.05) is 0 Å². The number of rotatable bonds is 12. The highest BCUT2D eigenvalue weighted by Gasteiger charge is 2.29. The van der Waals surface area contributed by atoms with Crippen LogP contribution >= 0.6 is 0 Å². The van der Waals surface area contributed by atoms with E-state index >= 15 is 0 Å². The van der Waals surface area contributed by atoms with Crippen molar-refractivity contribution >= 4 is 0 Å². The van der Waals surface area contributed by atoms with Crippen molar-refractivity contribution in [1.82, 2.24) is 10.2 Å². The Morgan fingerprint density at radius 3 is 2.26 bits per heavy atom. The zero-order valence-corrected chi connectivity index (χ0v) is 20.0. The highest BCUT2D eigenvalue weighted by molar-refractivity contribution is 5.32. The van der Waals surface area contributed by atoms with Crippen LogP contribution in [0.3, 0.4) is 0 Å². The number of ether oxygens (including phenoxy) is 1. The Balaban J connectivity index is 1.54. The van der Waals surface area contributed by atoms with E-state index in [0.717, 1.165) is 39.1 Å². The molecule has 0 aromatic rings. The van der Waals surface area contributed by atoms with Crippen molar-refractivity contribution < 1.29 is 4.74 Å². The minimum Gasteiger partial charge on any atom is -0.385 e. The lowest BCUT2D eigenvalue weighted by molar-refractivity contribution is 0.0547. The van der Waals surface area contributed by atoms with Crippen LogP contribution in [0.15, 0.2) is 23.5 Å². The Morgan fingerprint density at radius 2 is 1.58 bits per heavy atom. The summed E-state index contributed by atoms with van der Waals surface area (Å²) in [5, 5.41) is 3.93.